The Kier molecular flexibility index (Phi) is 5.11. The first-order valence-corrected chi connectivity index (χ1v) is 5.07. The summed E-state index contributed by atoms with van der Waals surface area (Å²) < 4.78 is 0. The molecule has 0 saturated carbocycles. The molecule has 0 saturated heterocycles. The van der Waals surface area contributed by atoms with Crippen molar-refractivity contribution in [3.8, 4) is 0 Å². The highest BCUT2D eigenvalue weighted by atomic mass is 16.4. The van der Waals surface area contributed by atoms with E-state index in [0.29, 0.717) is 11.1 Å². The van der Waals surface area contributed by atoms with Crippen LogP contribution in [0.4, 0.5) is 0 Å². The highest BCUT2D eigenvalue weighted by Crippen LogP contribution is 2.15. The average Bonchev–Trinajstić information content (AvgIpc) is 2.34. The predicted octanol–water partition coefficient (Wildman–Crippen LogP) is -1.59. The highest BCUT2D eigenvalue weighted by molar-refractivity contribution is 6.41. The molecular weight excluding hydrogens is 225 g/mol. The van der Waals surface area contributed by atoms with E-state index in [1.165, 1.54) is 0 Å². The second-order valence-corrected chi connectivity index (χ2v) is 3.46. The van der Waals surface area contributed by atoms with Gasteiger partial charge in [0, 0.05) is 0 Å². The van der Waals surface area contributed by atoms with Gasteiger partial charge in [0.1, 0.15) is 0 Å². The average molecular weight is 239 g/mol. The normalized spacial score (nSPS) is 10.1. The maximum Gasteiger partial charge on any atom is 0.472 e. The Hall–Kier alpha value is -1.41. The first-order chi connectivity index (χ1) is 8.10. The van der Waals surface area contributed by atoms with Crippen LogP contribution in [0.15, 0.2) is 18.2 Å². The summed E-state index contributed by atoms with van der Waals surface area (Å²) in [6, 6.07) is 4.74. The Labute approximate surface area is 98.7 Å². The summed E-state index contributed by atoms with van der Waals surface area (Å²) in [5.74, 6) is -0.563. The van der Waals surface area contributed by atoms with Crippen LogP contribution in [0.1, 0.15) is 21.5 Å². The van der Waals surface area contributed by atoms with Crippen molar-refractivity contribution >= 4 is 13.0 Å². The minimum Gasteiger partial charge on any atom is -0.426 e. The molecule has 1 rings (SSSR count). The number of carbonyl (C=O) groups excluding carboxylic acids is 1. The topological polar surface area (TPSA) is 110 Å². The minimum absolute atomic E-state index is 0.165. The zero-order valence-corrected chi connectivity index (χ0v) is 9.13. The Bertz CT molecular complexity index is 374. The second kappa shape index (κ2) is 6.36. The van der Waals surface area contributed by atoms with Gasteiger partial charge in [0.25, 0.3) is 5.91 Å². The maximum atomic E-state index is 11.8. The molecule has 0 aliphatic carbocycles. The first kappa shape index (κ1) is 13.7. The SMILES string of the molecule is O=C(NCB(O)O)c1c(CO)cccc1CO. The van der Waals surface area contributed by atoms with Gasteiger partial charge in [0.2, 0.25) is 0 Å². The summed E-state index contributed by atoms with van der Waals surface area (Å²) in [6.07, 6.45) is -0.316. The molecule has 0 spiro atoms. The van der Waals surface area contributed by atoms with Crippen molar-refractivity contribution in [1.82, 2.24) is 5.32 Å². The van der Waals surface area contributed by atoms with Gasteiger partial charge < -0.3 is 25.6 Å². The Morgan fingerprint density at radius 3 is 2.12 bits per heavy atom. The van der Waals surface area contributed by atoms with Gasteiger partial charge in [-0.2, -0.15) is 0 Å². The fourth-order valence-corrected chi connectivity index (χ4v) is 1.48. The van der Waals surface area contributed by atoms with E-state index in [9.17, 15) is 4.79 Å². The molecular formula is C10H14BNO5. The third-order valence-corrected chi connectivity index (χ3v) is 2.25. The van der Waals surface area contributed by atoms with E-state index in [0.717, 1.165) is 0 Å². The molecule has 0 aliphatic rings. The molecule has 0 atom stereocenters. The van der Waals surface area contributed by atoms with E-state index >= 15 is 0 Å². The van der Waals surface area contributed by atoms with Gasteiger partial charge in [-0.1, -0.05) is 18.2 Å². The molecule has 0 bridgehead atoms. The number of nitrogens with one attached hydrogen (secondary N) is 1. The Morgan fingerprint density at radius 1 is 1.18 bits per heavy atom. The van der Waals surface area contributed by atoms with Crippen molar-refractivity contribution < 1.29 is 25.1 Å². The van der Waals surface area contributed by atoms with Crippen LogP contribution in [0, 0.1) is 0 Å². The molecule has 0 aliphatic heterocycles. The molecule has 17 heavy (non-hydrogen) atoms. The Morgan fingerprint density at radius 2 is 1.71 bits per heavy atom. The number of carbonyl (C=O) groups is 1. The van der Waals surface area contributed by atoms with Gasteiger partial charge in [0.05, 0.1) is 25.2 Å². The van der Waals surface area contributed by atoms with Crippen LogP contribution in [-0.4, -0.2) is 39.7 Å². The lowest BCUT2D eigenvalue weighted by atomic mass is 9.92. The standard InChI is InChI=1S/C10H14BNO5/c13-4-7-2-1-3-8(5-14)9(7)10(15)12-6-11(16)17/h1-3,13-14,16-17H,4-6H2,(H,12,15). The van der Waals surface area contributed by atoms with Gasteiger partial charge in [-0.3, -0.25) is 4.79 Å². The molecule has 1 aromatic rings. The maximum absolute atomic E-state index is 11.8. The van der Waals surface area contributed by atoms with Crippen LogP contribution in [0.2, 0.25) is 0 Å². The number of hydrogen-bond acceptors (Lipinski definition) is 5. The van der Waals surface area contributed by atoms with Crippen molar-refractivity contribution in [1.29, 1.82) is 0 Å². The summed E-state index contributed by atoms with van der Waals surface area (Å²) in [5.41, 5.74) is 0.918. The number of benzene rings is 1. The molecule has 1 aromatic carbocycles. The Balaban J connectivity index is 2.97. The van der Waals surface area contributed by atoms with E-state index in [4.69, 9.17) is 20.3 Å². The van der Waals surface area contributed by atoms with Crippen molar-refractivity contribution in [3.63, 3.8) is 0 Å². The van der Waals surface area contributed by atoms with E-state index in [2.05, 4.69) is 5.32 Å². The fourth-order valence-electron chi connectivity index (χ4n) is 1.48. The van der Waals surface area contributed by atoms with Crippen molar-refractivity contribution in [2.45, 2.75) is 13.2 Å². The smallest absolute Gasteiger partial charge is 0.426 e. The lowest BCUT2D eigenvalue weighted by molar-refractivity contribution is 0.0950. The van der Waals surface area contributed by atoms with Gasteiger partial charge >= 0.3 is 7.12 Å². The molecule has 92 valence electrons. The van der Waals surface area contributed by atoms with Gasteiger partial charge in [0.15, 0.2) is 0 Å². The molecule has 5 N–H and O–H groups in total. The molecule has 0 radical (unpaired) electrons. The van der Waals surface area contributed by atoms with E-state index in [1.54, 1.807) is 18.2 Å². The number of aliphatic hydroxyl groups excluding tert-OH is 2. The van der Waals surface area contributed by atoms with Crippen LogP contribution >= 0.6 is 0 Å². The van der Waals surface area contributed by atoms with Crippen molar-refractivity contribution in [2.24, 2.45) is 0 Å². The largest absolute Gasteiger partial charge is 0.472 e. The quantitative estimate of drug-likeness (QED) is 0.398. The van der Waals surface area contributed by atoms with Gasteiger partial charge in [-0.25, -0.2) is 0 Å². The molecule has 1 amide bonds. The molecule has 0 fully saturated rings. The zero-order valence-electron chi connectivity index (χ0n) is 9.13. The summed E-state index contributed by atoms with van der Waals surface area (Å²) in [4.78, 5) is 11.8. The summed E-state index contributed by atoms with van der Waals surface area (Å²) in [5, 5.41) is 37.8. The molecule has 7 heteroatoms. The van der Waals surface area contributed by atoms with Crippen LogP contribution in [0.25, 0.3) is 0 Å². The lowest BCUT2D eigenvalue weighted by Crippen LogP contribution is -2.36. The van der Waals surface area contributed by atoms with Crippen LogP contribution in [0.5, 0.6) is 0 Å². The summed E-state index contributed by atoms with van der Waals surface area (Å²) in [6.45, 7) is -0.670. The number of hydrogen-bond donors (Lipinski definition) is 5. The lowest BCUT2D eigenvalue weighted by Gasteiger charge is -2.12. The van der Waals surface area contributed by atoms with E-state index in [1.807, 2.05) is 0 Å². The monoisotopic (exact) mass is 239 g/mol. The zero-order chi connectivity index (χ0) is 12.8. The van der Waals surface area contributed by atoms with Crippen molar-refractivity contribution in [3.05, 3.63) is 34.9 Å². The molecule has 0 unspecified atom stereocenters. The number of aliphatic hydroxyl groups is 2. The fraction of sp³-hybridized carbons (Fsp3) is 0.300. The third kappa shape index (κ3) is 3.53. The second-order valence-electron chi connectivity index (χ2n) is 3.46. The summed E-state index contributed by atoms with van der Waals surface area (Å²) >= 11 is 0. The predicted molar refractivity (Wildman–Crippen MR) is 60.8 cm³/mol. The third-order valence-electron chi connectivity index (χ3n) is 2.25. The highest BCUT2D eigenvalue weighted by Gasteiger charge is 2.17. The summed E-state index contributed by atoms with van der Waals surface area (Å²) in [7, 11) is -1.64. The van der Waals surface area contributed by atoms with Crippen molar-refractivity contribution in [2.75, 3.05) is 6.44 Å². The van der Waals surface area contributed by atoms with Crippen LogP contribution < -0.4 is 5.32 Å². The first-order valence-electron chi connectivity index (χ1n) is 5.07. The van der Waals surface area contributed by atoms with Gasteiger partial charge in [-0.15, -0.1) is 0 Å². The van der Waals surface area contributed by atoms with E-state index in [-0.39, 0.29) is 25.2 Å². The molecule has 6 nitrogen and oxygen atoms in total. The molecule has 0 heterocycles. The van der Waals surface area contributed by atoms with E-state index < -0.39 is 13.0 Å². The van der Waals surface area contributed by atoms with Gasteiger partial charge in [-0.05, 0) is 11.1 Å². The molecule has 0 aromatic heterocycles. The van der Waals surface area contributed by atoms with Crippen LogP contribution in [0.3, 0.4) is 0 Å². The van der Waals surface area contributed by atoms with Crippen LogP contribution in [-0.2, 0) is 13.2 Å². The number of rotatable bonds is 5. The minimum atomic E-state index is -1.64. The number of amides is 1.